The van der Waals surface area contributed by atoms with Crippen LogP contribution in [0.1, 0.15) is 20.3 Å². The second-order valence-electron chi connectivity index (χ2n) is 3.58. The maximum absolute atomic E-state index is 5.49. The smallest absolute Gasteiger partial charge is 0.158 e. The fourth-order valence-electron chi connectivity index (χ4n) is 1.70. The van der Waals surface area contributed by atoms with E-state index in [0.29, 0.717) is 13.2 Å². The van der Waals surface area contributed by atoms with Gasteiger partial charge in [-0.3, -0.25) is 4.90 Å². The van der Waals surface area contributed by atoms with Gasteiger partial charge in [-0.25, -0.2) is 0 Å². The lowest BCUT2D eigenvalue weighted by atomic mass is 10.3. The fraction of sp³-hybridized carbons (Fsp3) is 1.00. The van der Waals surface area contributed by atoms with E-state index in [-0.39, 0.29) is 6.29 Å². The number of morpholine rings is 1. The van der Waals surface area contributed by atoms with Gasteiger partial charge in [-0.05, 0) is 13.8 Å². The summed E-state index contributed by atoms with van der Waals surface area (Å²) in [5.74, 6) is 0. The number of ether oxygens (including phenoxy) is 3. The van der Waals surface area contributed by atoms with Gasteiger partial charge in [0.1, 0.15) is 0 Å². The Balaban J connectivity index is 2.13. The zero-order valence-electron chi connectivity index (χ0n) is 9.91. The summed E-state index contributed by atoms with van der Waals surface area (Å²) in [4.78, 5) is 2.40. The topological polar surface area (TPSA) is 30.9 Å². The Morgan fingerprint density at radius 2 is 1.73 bits per heavy atom. The standard InChI is InChI=1S/C11H23NO3/c1-3-14-11(15-4-2)5-6-12-7-9-13-10-8-12/h11H,3-10H2,1-2H3. The van der Waals surface area contributed by atoms with Crippen LogP contribution in [0.3, 0.4) is 0 Å². The van der Waals surface area contributed by atoms with E-state index in [0.717, 1.165) is 39.3 Å². The third kappa shape index (κ3) is 5.47. The van der Waals surface area contributed by atoms with E-state index in [2.05, 4.69) is 4.90 Å². The monoisotopic (exact) mass is 217 g/mol. The lowest BCUT2D eigenvalue weighted by Gasteiger charge is -2.28. The van der Waals surface area contributed by atoms with Crippen LogP contribution in [0.2, 0.25) is 0 Å². The molecule has 0 saturated carbocycles. The van der Waals surface area contributed by atoms with Crippen molar-refractivity contribution in [3.8, 4) is 0 Å². The first kappa shape index (κ1) is 12.9. The molecule has 90 valence electrons. The number of nitrogens with zero attached hydrogens (tertiary/aromatic N) is 1. The summed E-state index contributed by atoms with van der Waals surface area (Å²) in [6.45, 7) is 10.2. The molecule has 0 bridgehead atoms. The molecule has 4 heteroatoms. The molecular formula is C11H23NO3. The molecule has 0 N–H and O–H groups in total. The average molecular weight is 217 g/mol. The van der Waals surface area contributed by atoms with Crippen molar-refractivity contribution in [3.05, 3.63) is 0 Å². The van der Waals surface area contributed by atoms with Gasteiger partial charge in [-0.2, -0.15) is 0 Å². The van der Waals surface area contributed by atoms with Crippen LogP contribution in [0, 0.1) is 0 Å². The molecule has 0 unspecified atom stereocenters. The van der Waals surface area contributed by atoms with Crippen molar-refractivity contribution in [2.24, 2.45) is 0 Å². The highest BCUT2D eigenvalue weighted by atomic mass is 16.7. The minimum Gasteiger partial charge on any atom is -0.379 e. The highest BCUT2D eigenvalue weighted by molar-refractivity contribution is 4.62. The minimum absolute atomic E-state index is 0.0390. The van der Waals surface area contributed by atoms with E-state index in [1.165, 1.54) is 0 Å². The van der Waals surface area contributed by atoms with E-state index in [1.54, 1.807) is 0 Å². The van der Waals surface area contributed by atoms with E-state index in [9.17, 15) is 0 Å². The summed E-state index contributed by atoms with van der Waals surface area (Å²) >= 11 is 0. The first-order valence-electron chi connectivity index (χ1n) is 5.90. The third-order valence-electron chi connectivity index (χ3n) is 2.49. The Morgan fingerprint density at radius 1 is 1.13 bits per heavy atom. The zero-order valence-corrected chi connectivity index (χ0v) is 9.91. The van der Waals surface area contributed by atoms with Crippen molar-refractivity contribution in [2.75, 3.05) is 46.1 Å². The van der Waals surface area contributed by atoms with Crippen molar-refractivity contribution in [2.45, 2.75) is 26.6 Å². The van der Waals surface area contributed by atoms with E-state index >= 15 is 0 Å². The SMILES string of the molecule is CCOC(CCN1CCOCC1)OCC. The molecule has 0 atom stereocenters. The Bertz CT molecular complexity index is 143. The van der Waals surface area contributed by atoms with Gasteiger partial charge in [-0.1, -0.05) is 0 Å². The Labute approximate surface area is 92.5 Å². The maximum Gasteiger partial charge on any atom is 0.158 e. The lowest BCUT2D eigenvalue weighted by Crippen LogP contribution is -2.38. The summed E-state index contributed by atoms with van der Waals surface area (Å²) in [6.07, 6.45) is 0.907. The molecule has 0 aromatic heterocycles. The molecule has 1 aliphatic rings. The molecule has 1 fully saturated rings. The second kappa shape index (κ2) is 8.05. The van der Waals surface area contributed by atoms with Crippen molar-refractivity contribution >= 4 is 0 Å². The van der Waals surface area contributed by atoms with Crippen LogP contribution < -0.4 is 0 Å². The van der Waals surface area contributed by atoms with E-state index < -0.39 is 0 Å². The molecule has 0 aromatic carbocycles. The van der Waals surface area contributed by atoms with Crippen molar-refractivity contribution < 1.29 is 14.2 Å². The van der Waals surface area contributed by atoms with Gasteiger partial charge in [0.05, 0.1) is 13.2 Å². The third-order valence-corrected chi connectivity index (χ3v) is 2.49. The van der Waals surface area contributed by atoms with E-state index in [4.69, 9.17) is 14.2 Å². The molecule has 0 amide bonds. The Hall–Kier alpha value is -0.160. The molecule has 1 heterocycles. The van der Waals surface area contributed by atoms with Crippen LogP contribution >= 0.6 is 0 Å². The molecule has 0 spiro atoms. The molecule has 0 aliphatic carbocycles. The molecule has 1 aliphatic heterocycles. The highest BCUT2D eigenvalue weighted by Gasteiger charge is 2.13. The van der Waals surface area contributed by atoms with Gasteiger partial charge in [0.2, 0.25) is 0 Å². The summed E-state index contributed by atoms with van der Waals surface area (Å²) in [5, 5.41) is 0. The van der Waals surface area contributed by atoms with Gasteiger partial charge in [0.25, 0.3) is 0 Å². The van der Waals surface area contributed by atoms with Gasteiger partial charge in [-0.15, -0.1) is 0 Å². The molecule has 1 saturated heterocycles. The van der Waals surface area contributed by atoms with Crippen molar-refractivity contribution in [1.29, 1.82) is 0 Å². The number of hydrogen-bond donors (Lipinski definition) is 0. The highest BCUT2D eigenvalue weighted by Crippen LogP contribution is 2.05. The maximum atomic E-state index is 5.49. The van der Waals surface area contributed by atoms with Crippen LogP contribution in [0.4, 0.5) is 0 Å². The number of hydrogen-bond acceptors (Lipinski definition) is 4. The van der Waals surface area contributed by atoms with E-state index in [1.807, 2.05) is 13.8 Å². The fourth-order valence-corrected chi connectivity index (χ4v) is 1.70. The minimum atomic E-state index is -0.0390. The molecule has 1 rings (SSSR count). The molecular weight excluding hydrogens is 194 g/mol. The second-order valence-corrected chi connectivity index (χ2v) is 3.58. The van der Waals surface area contributed by atoms with Gasteiger partial charge >= 0.3 is 0 Å². The van der Waals surface area contributed by atoms with Gasteiger partial charge < -0.3 is 14.2 Å². The van der Waals surface area contributed by atoms with Gasteiger partial charge in [0.15, 0.2) is 6.29 Å². The summed E-state index contributed by atoms with van der Waals surface area (Å²) in [5.41, 5.74) is 0. The quantitative estimate of drug-likeness (QED) is 0.598. The average Bonchev–Trinajstić information content (AvgIpc) is 2.28. The number of rotatable bonds is 7. The summed E-state index contributed by atoms with van der Waals surface area (Å²) < 4.78 is 16.3. The lowest BCUT2D eigenvalue weighted by molar-refractivity contribution is -0.143. The van der Waals surface area contributed by atoms with Crippen LogP contribution in [0.15, 0.2) is 0 Å². The van der Waals surface area contributed by atoms with Crippen LogP contribution in [-0.4, -0.2) is 57.3 Å². The first-order chi connectivity index (χ1) is 7.36. The zero-order chi connectivity index (χ0) is 10.9. The normalized spacial score (nSPS) is 18.6. The van der Waals surface area contributed by atoms with Crippen molar-refractivity contribution in [3.63, 3.8) is 0 Å². The molecule has 0 aromatic rings. The van der Waals surface area contributed by atoms with Crippen LogP contribution in [0.25, 0.3) is 0 Å². The summed E-state index contributed by atoms with van der Waals surface area (Å²) in [6, 6.07) is 0. The Morgan fingerprint density at radius 3 is 2.27 bits per heavy atom. The molecule has 0 radical (unpaired) electrons. The largest absolute Gasteiger partial charge is 0.379 e. The predicted molar refractivity (Wildman–Crippen MR) is 58.9 cm³/mol. The predicted octanol–water partition coefficient (Wildman–Crippen LogP) is 1.11. The molecule has 15 heavy (non-hydrogen) atoms. The molecule has 4 nitrogen and oxygen atoms in total. The first-order valence-corrected chi connectivity index (χ1v) is 5.90. The van der Waals surface area contributed by atoms with Crippen LogP contribution in [0.5, 0.6) is 0 Å². The van der Waals surface area contributed by atoms with Gasteiger partial charge in [0, 0.05) is 39.3 Å². The summed E-state index contributed by atoms with van der Waals surface area (Å²) in [7, 11) is 0. The van der Waals surface area contributed by atoms with Crippen molar-refractivity contribution in [1.82, 2.24) is 4.90 Å². The Kier molecular flexibility index (Phi) is 6.92. The van der Waals surface area contributed by atoms with Crippen LogP contribution in [-0.2, 0) is 14.2 Å².